The summed E-state index contributed by atoms with van der Waals surface area (Å²) in [6, 6.07) is 11.4. The molecule has 3 aromatic rings. The van der Waals surface area contributed by atoms with Crippen molar-refractivity contribution < 1.29 is 14.5 Å². The number of benzene rings is 2. The molecule has 2 N–H and O–H groups in total. The van der Waals surface area contributed by atoms with Crippen LogP contribution >= 0.6 is 11.3 Å². The number of nitrogens with zero attached hydrogens (tertiary/aromatic N) is 4. The molecule has 0 aliphatic carbocycles. The average Bonchev–Trinajstić information content (AvgIpc) is 3.35. The minimum Gasteiger partial charge on any atom is -0.320 e. The molecule has 2 aromatic carbocycles. The van der Waals surface area contributed by atoms with Crippen LogP contribution in [-0.4, -0.2) is 44.7 Å². The largest absolute Gasteiger partial charge is 0.320 e. The van der Waals surface area contributed by atoms with Crippen LogP contribution in [0.4, 0.5) is 11.4 Å². The van der Waals surface area contributed by atoms with Crippen LogP contribution < -0.4 is 5.32 Å². The van der Waals surface area contributed by atoms with E-state index in [1.807, 2.05) is 24.3 Å². The number of amides is 1. The highest BCUT2D eigenvalue weighted by atomic mass is 32.1. The van der Waals surface area contributed by atoms with Gasteiger partial charge in [-0.05, 0) is 18.2 Å². The lowest BCUT2D eigenvalue weighted by Crippen LogP contribution is -2.25. The Bertz CT molecular complexity index is 1280. The highest BCUT2D eigenvalue weighted by Crippen LogP contribution is 2.34. The summed E-state index contributed by atoms with van der Waals surface area (Å²) >= 11 is 1.34. The standard InChI is InChI=1S/C19H12N6O4S/c20-17-15(19-22-12-3-1-2-4-14(12)30-19)13(26)8-24(17)23-16-10-7-9(25(28)29)5-6-11(10)21-18(16)27/h1-7,15,20H,8H2,(H,21,23,27). The Hall–Kier alpha value is -3.99. The van der Waals surface area contributed by atoms with Crippen LogP contribution in [0.25, 0.3) is 10.2 Å². The van der Waals surface area contributed by atoms with Crippen LogP contribution in [0, 0.1) is 15.5 Å². The molecule has 1 atom stereocenters. The first-order valence-corrected chi connectivity index (χ1v) is 9.67. The molecule has 1 amide bonds. The minimum absolute atomic E-state index is 0.0730. The van der Waals surface area contributed by atoms with E-state index in [1.54, 1.807) is 0 Å². The van der Waals surface area contributed by atoms with Crippen molar-refractivity contribution in [2.24, 2.45) is 5.10 Å². The molecular formula is C19H12N6O4S. The number of non-ortho nitro benzene ring substituents is 1. The monoisotopic (exact) mass is 420 g/mol. The third-order valence-electron chi connectivity index (χ3n) is 4.89. The van der Waals surface area contributed by atoms with Crippen molar-refractivity contribution in [1.82, 2.24) is 9.99 Å². The number of hydrazone groups is 1. The van der Waals surface area contributed by atoms with Crippen molar-refractivity contribution in [3.05, 3.63) is 63.1 Å². The summed E-state index contributed by atoms with van der Waals surface area (Å²) in [5.41, 5.74) is 1.15. The highest BCUT2D eigenvalue weighted by Gasteiger charge is 2.41. The van der Waals surface area contributed by atoms with Crippen LogP contribution in [-0.2, 0) is 9.59 Å². The van der Waals surface area contributed by atoms with Crippen LogP contribution in [0.2, 0.25) is 0 Å². The van der Waals surface area contributed by atoms with Gasteiger partial charge in [-0.2, -0.15) is 5.10 Å². The van der Waals surface area contributed by atoms with Crippen molar-refractivity contribution in [2.45, 2.75) is 5.92 Å². The van der Waals surface area contributed by atoms with Gasteiger partial charge >= 0.3 is 0 Å². The number of nitrogens with one attached hydrogen (secondary N) is 2. The van der Waals surface area contributed by atoms with Gasteiger partial charge in [0.05, 0.1) is 20.8 Å². The van der Waals surface area contributed by atoms with Gasteiger partial charge < -0.3 is 5.32 Å². The summed E-state index contributed by atoms with van der Waals surface area (Å²) in [6.07, 6.45) is 0. The second-order valence-electron chi connectivity index (χ2n) is 6.75. The Morgan fingerprint density at radius 3 is 2.83 bits per heavy atom. The van der Waals surface area contributed by atoms with Crippen molar-refractivity contribution in [2.75, 3.05) is 11.9 Å². The number of carbonyl (C=O) groups excluding carboxylic acids is 2. The van der Waals surface area contributed by atoms with Gasteiger partial charge in [-0.3, -0.25) is 25.1 Å². The molecule has 1 saturated heterocycles. The molecule has 0 spiro atoms. The van der Waals surface area contributed by atoms with Crippen LogP contribution in [0.1, 0.15) is 16.5 Å². The summed E-state index contributed by atoms with van der Waals surface area (Å²) < 4.78 is 0.911. The molecule has 1 aromatic heterocycles. The number of nitro groups is 1. The number of fused-ring (bicyclic) bond motifs is 2. The molecule has 1 unspecified atom stereocenters. The molecule has 11 heteroatoms. The summed E-state index contributed by atoms with van der Waals surface area (Å²) in [6.45, 7) is -0.180. The van der Waals surface area contributed by atoms with Crippen LogP contribution in [0.5, 0.6) is 0 Å². The number of nitro benzene ring substituents is 1. The molecule has 0 saturated carbocycles. The van der Waals surface area contributed by atoms with Crippen molar-refractivity contribution in [3.8, 4) is 0 Å². The molecule has 5 rings (SSSR count). The number of anilines is 1. The van der Waals surface area contributed by atoms with Crippen LogP contribution in [0.3, 0.4) is 0 Å². The van der Waals surface area contributed by atoms with E-state index in [4.69, 9.17) is 5.41 Å². The summed E-state index contributed by atoms with van der Waals surface area (Å²) in [5.74, 6) is -1.74. The van der Waals surface area contributed by atoms with Gasteiger partial charge in [0.25, 0.3) is 11.6 Å². The maximum atomic E-state index is 12.6. The van der Waals surface area contributed by atoms with E-state index in [9.17, 15) is 19.7 Å². The third kappa shape index (κ3) is 2.75. The molecule has 0 radical (unpaired) electrons. The predicted molar refractivity (Wildman–Crippen MR) is 110 cm³/mol. The van der Waals surface area contributed by atoms with E-state index in [0.29, 0.717) is 10.7 Å². The number of amidine groups is 1. The predicted octanol–water partition coefficient (Wildman–Crippen LogP) is 2.51. The second kappa shape index (κ2) is 6.52. The van der Waals surface area contributed by atoms with Gasteiger partial charge in [0.15, 0.2) is 11.5 Å². The van der Waals surface area contributed by atoms with E-state index >= 15 is 0 Å². The topological polar surface area (TPSA) is 142 Å². The maximum Gasteiger partial charge on any atom is 0.276 e. The lowest BCUT2D eigenvalue weighted by atomic mass is 10.1. The summed E-state index contributed by atoms with van der Waals surface area (Å²) in [4.78, 5) is 40.0. The fourth-order valence-corrected chi connectivity index (χ4v) is 4.55. The number of carbonyl (C=O) groups is 2. The number of hydrogen-bond acceptors (Lipinski definition) is 8. The van der Waals surface area contributed by atoms with E-state index in [1.165, 1.54) is 29.5 Å². The van der Waals surface area contributed by atoms with E-state index in [2.05, 4.69) is 15.4 Å². The Balaban J connectivity index is 1.50. The normalized spacial score (nSPS) is 19.6. The molecule has 1 fully saturated rings. The van der Waals surface area contributed by atoms with Gasteiger partial charge in [0.2, 0.25) is 0 Å². The van der Waals surface area contributed by atoms with Gasteiger partial charge in [-0.25, -0.2) is 9.99 Å². The van der Waals surface area contributed by atoms with E-state index in [0.717, 1.165) is 15.2 Å². The zero-order valence-corrected chi connectivity index (χ0v) is 16.0. The Labute approximate surface area is 172 Å². The zero-order chi connectivity index (χ0) is 21.0. The van der Waals surface area contributed by atoms with Gasteiger partial charge in [-0.15, -0.1) is 11.3 Å². The third-order valence-corrected chi connectivity index (χ3v) is 5.99. The smallest absolute Gasteiger partial charge is 0.276 e. The quantitative estimate of drug-likeness (QED) is 0.492. The van der Waals surface area contributed by atoms with Gasteiger partial charge in [0.1, 0.15) is 23.3 Å². The first kappa shape index (κ1) is 18.1. The first-order chi connectivity index (χ1) is 14.4. The number of ketones is 1. The fraction of sp³-hybridized carbons (Fsp3) is 0.105. The Morgan fingerprint density at radius 1 is 1.27 bits per heavy atom. The van der Waals surface area contributed by atoms with Gasteiger partial charge in [0, 0.05) is 17.7 Å². The lowest BCUT2D eigenvalue weighted by molar-refractivity contribution is -0.384. The molecule has 2 aliphatic heterocycles. The summed E-state index contributed by atoms with van der Waals surface area (Å²) in [5, 5.41) is 28.0. The number of rotatable bonds is 3. The molecule has 30 heavy (non-hydrogen) atoms. The minimum atomic E-state index is -0.860. The molecular weight excluding hydrogens is 408 g/mol. The number of hydrogen-bond donors (Lipinski definition) is 2. The highest BCUT2D eigenvalue weighted by molar-refractivity contribution is 7.18. The van der Waals surface area contributed by atoms with Crippen molar-refractivity contribution in [1.29, 1.82) is 5.41 Å². The van der Waals surface area contributed by atoms with Crippen LogP contribution in [0.15, 0.2) is 47.6 Å². The number of Topliss-reactive ketones (excluding diaryl/α,β-unsaturated/α-hetero) is 1. The Morgan fingerprint density at radius 2 is 2.07 bits per heavy atom. The summed E-state index contributed by atoms with van der Waals surface area (Å²) in [7, 11) is 0. The fourth-order valence-electron chi connectivity index (χ4n) is 3.46. The first-order valence-electron chi connectivity index (χ1n) is 8.85. The van der Waals surface area contributed by atoms with E-state index < -0.39 is 16.7 Å². The number of thiazole rings is 1. The Kier molecular flexibility index (Phi) is 3.93. The SMILES string of the molecule is N=C1C(c2nc3ccccc3s2)C(=O)CN1N=C1C(=O)Nc2ccc([N+](=O)[O-])cc21. The molecule has 0 bridgehead atoms. The number of aromatic nitrogens is 1. The average molecular weight is 420 g/mol. The number of para-hydroxylation sites is 1. The van der Waals surface area contributed by atoms with Gasteiger partial charge in [-0.1, -0.05) is 12.1 Å². The second-order valence-corrected chi connectivity index (χ2v) is 7.81. The lowest BCUT2D eigenvalue weighted by Gasteiger charge is -2.12. The maximum absolute atomic E-state index is 12.6. The molecule has 148 valence electrons. The molecule has 10 nitrogen and oxygen atoms in total. The van der Waals surface area contributed by atoms with Crippen molar-refractivity contribution >= 4 is 56.2 Å². The molecule has 2 aliphatic rings. The van der Waals surface area contributed by atoms with Crippen molar-refractivity contribution in [3.63, 3.8) is 0 Å². The van der Waals surface area contributed by atoms with E-state index in [-0.39, 0.29) is 35.1 Å². The zero-order valence-electron chi connectivity index (χ0n) is 15.2. The molecule has 3 heterocycles.